The van der Waals surface area contributed by atoms with Crippen molar-refractivity contribution in [2.24, 2.45) is 0 Å². The van der Waals surface area contributed by atoms with Crippen LogP contribution in [-0.2, 0) is 11.2 Å². The lowest BCUT2D eigenvalue weighted by Crippen LogP contribution is -2.45. The van der Waals surface area contributed by atoms with Crippen LogP contribution in [0.5, 0.6) is 5.75 Å². The molecule has 0 aromatic heterocycles. The number of nitrogens with one attached hydrogen (secondary N) is 1. The molecule has 0 saturated carbocycles. The number of halogens is 2. The third-order valence-electron chi connectivity index (χ3n) is 5.08. The Bertz CT molecular complexity index is 1120. The predicted molar refractivity (Wildman–Crippen MR) is 118 cm³/mol. The molecule has 31 heavy (non-hydrogen) atoms. The summed E-state index contributed by atoms with van der Waals surface area (Å²) in [6.07, 6.45) is 0.0566. The van der Waals surface area contributed by atoms with E-state index in [9.17, 15) is 14.0 Å². The Morgan fingerprint density at radius 2 is 1.90 bits per heavy atom. The second kappa shape index (κ2) is 8.78. The Morgan fingerprint density at radius 1 is 1.13 bits per heavy atom. The summed E-state index contributed by atoms with van der Waals surface area (Å²) in [6.45, 7) is 2.16. The van der Waals surface area contributed by atoms with Crippen LogP contribution in [0.2, 0.25) is 5.02 Å². The molecule has 3 aromatic carbocycles. The lowest BCUT2D eigenvalue weighted by atomic mass is 10.1. The summed E-state index contributed by atoms with van der Waals surface area (Å²) >= 11 is 5.99. The molecular formula is C24H20ClFN2O3. The van der Waals surface area contributed by atoms with Crippen molar-refractivity contribution in [2.45, 2.75) is 19.4 Å². The number of hydrogen-bond acceptors (Lipinski definition) is 3. The molecule has 1 unspecified atom stereocenters. The Hall–Kier alpha value is -3.38. The van der Waals surface area contributed by atoms with Crippen molar-refractivity contribution in [1.82, 2.24) is 0 Å². The fraction of sp³-hybridized carbons (Fsp3) is 0.167. The largest absolute Gasteiger partial charge is 0.479 e. The number of fused-ring (bicyclic) bond motifs is 1. The van der Waals surface area contributed by atoms with Gasteiger partial charge in [0.25, 0.3) is 11.8 Å². The van der Waals surface area contributed by atoms with E-state index in [1.165, 1.54) is 18.2 Å². The maximum atomic E-state index is 14.1. The van der Waals surface area contributed by atoms with Gasteiger partial charge in [-0.2, -0.15) is 0 Å². The first-order valence-corrected chi connectivity index (χ1v) is 10.2. The summed E-state index contributed by atoms with van der Waals surface area (Å²) in [4.78, 5) is 27.0. The van der Waals surface area contributed by atoms with Crippen LogP contribution in [0.1, 0.15) is 22.8 Å². The normalized spacial score (nSPS) is 15.3. The zero-order valence-electron chi connectivity index (χ0n) is 16.8. The zero-order valence-corrected chi connectivity index (χ0v) is 17.5. The van der Waals surface area contributed by atoms with Gasteiger partial charge < -0.3 is 15.0 Å². The number of benzene rings is 3. The van der Waals surface area contributed by atoms with Crippen LogP contribution < -0.4 is 15.0 Å². The van der Waals surface area contributed by atoms with Crippen LogP contribution in [-0.4, -0.2) is 24.5 Å². The molecule has 0 bridgehead atoms. The van der Waals surface area contributed by atoms with E-state index in [2.05, 4.69) is 5.32 Å². The van der Waals surface area contributed by atoms with Gasteiger partial charge in [-0.25, -0.2) is 4.39 Å². The molecule has 1 aliphatic heterocycles. The summed E-state index contributed by atoms with van der Waals surface area (Å²) in [5, 5.41) is 2.67. The topological polar surface area (TPSA) is 58.6 Å². The van der Waals surface area contributed by atoms with E-state index in [4.69, 9.17) is 16.3 Å². The van der Waals surface area contributed by atoms with Gasteiger partial charge in [-0.1, -0.05) is 48.0 Å². The molecule has 0 radical (unpaired) electrons. The Kier molecular flexibility index (Phi) is 5.91. The molecule has 1 atom stereocenters. The lowest BCUT2D eigenvalue weighted by molar-refractivity contribution is -0.125. The maximum Gasteiger partial charge on any atom is 0.267 e. The zero-order chi connectivity index (χ0) is 22.0. The molecule has 0 fully saturated rings. The van der Waals surface area contributed by atoms with Crippen molar-refractivity contribution in [2.75, 3.05) is 16.8 Å². The molecule has 158 valence electrons. The van der Waals surface area contributed by atoms with Crippen molar-refractivity contribution in [3.05, 3.63) is 88.7 Å². The number of nitrogens with zero attached hydrogens (tertiary/aromatic N) is 1. The van der Waals surface area contributed by atoms with E-state index < -0.39 is 17.8 Å². The second-order valence-corrected chi connectivity index (χ2v) is 7.63. The van der Waals surface area contributed by atoms with Crippen molar-refractivity contribution in [3.8, 4) is 5.75 Å². The highest BCUT2D eigenvalue weighted by Crippen LogP contribution is 2.36. The summed E-state index contributed by atoms with van der Waals surface area (Å²) in [5.41, 5.74) is 1.83. The molecule has 2 amide bonds. The average molecular weight is 439 g/mol. The fourth-order valence-corrected chi connectivity index (χ4v) is 3.76. The first-order valence-electron chi connectivity index (χ1n) is 9.85. The van der Waals surface area contributed by atoms with Crippen molar-refractivity contribution < 1.29 is 18.7 Å². The number of carbonyl (C=O) groups is 2. The minimum Gasteiger partial charge on any atom is -0.479 e. The molecule has 1 N–H and O–H groups in total. The van der Waals surface area contributed by atoms with Gasteiger partial charge >= 0.3 is 0 Å². The van der Waals surface area contributed by atoms with Crippen LogP contribution in [0, 0.1) is 5.82 Å². The van der Waals surface area contributed by atoms with Gasteiger partial charge in [-0.15, -0.1) is 0 Å². The summed E-state index contributed by atoms with van der Waals surface area (Å²) in [7, 11) is 0. The Morgan fingerprint density at radius 3 is 2.65 bits per heavy atom. The van der Waals surface area contributed by atoms with Gasteiger partial charge in [0, 0.05) is 12.2 Å². The van der Waals surface area contributed by atoms with E-state index >= 15 is 0 Å². The molecule has 1 heterocycles. The second-order valence-electron chi connectivity index (χ2n) is 7.22. The summed E-state index contributed by atoms with van der Waals surface area (Å²) in [5.74, 6) is -0.999. The number of carbonyl (C=O) groups excluding carboxylic acids is 2. The standard InChI is InChI=1S/C24H20ClFN2O3/c1-15-24(30)28(13-12-16-6-3-2-4-7-16)20-14-17(10-11-21(20)31-15)27-23(29)22-18(25)8-5-9-19(22)26/h2-11,14-15H,12-13H2,1H3,(H,27,29). The van der Waals surface area contributed by atoms with Crippen LogP contribution in [0.25, 0.3) is 0 Å². The Labute approximate surface area is 184 Å². The quantitative estimate of drug-likeness (QED) is 0.603. The van der Waals surface area contributed by atoms with Crippen LogP contribution >= 0.6 is 11.6 Å². The highest BCUT2D eigenvalue weighted by Gasteiger charge is 2.31. The SMILES string of the molecule is CC1Oc2ccc(NC(=O)c3c(F)cccc3Cl)cc2N(CCc2ccccc2)C1=O. The van der Waals surface area contributed by atoms with E-state index in [1.54, 1.807) is 30.0 Å². The predicted octanol–water partition coefficient (Wildman–Crippen LogP) is 5.09. The minimum atomic E-state index is -0.709. The molecule has 3 aromatic rings. The van der Waals surface area contributed by atoms with Gasteiger partial charge in [0.1, 0.15) is 11.6 Å². The monoisotopic (exact) mass is 438 g/mol. The molecular weight excluding hydrogens is 419 g/mol. The van der Waals surface area contributed by atoms with Gasteiger partial charge in [-0.05, 0) is 49.2 Å². The third-order valence-corrected chi connectivity index (χ3v) is 5.40. The summed E-state index contributed by atoms with van der Waals surface area (Å²) in [6, 6.07) is 18.9. The lowest BCUT2D eigenvalue weighted by Gasteiger charge is -2.33. The number of anilines is 2. The van der Waals surface area contributed by atoms with E-state index in [0.717, 1.165) is 5.56 Å². The molecule has 4 rings (SSSR count). The highest BCUT2D eigenvalue weighted by molar-refractivity contribution is 6.34. The van der Waals surface area contributed by atoms with Gasteiger partial charge in [0.15, 0.2) is 6.10 Å². The molecule has 1 aliphatic rings. The minimum absolute atomic E-state index is 0.0206. The first kappa shape index (κ1) is 20.9. The van der Waals surface area contributed by atoms with Crippen molar-refractivity contribution in [1.29, 1.82) is 0 Å². The number of amides is 2. The molecule has 0 spiro atoms. The summed E-state index contributed by atoms with van der Waals surface area (Å²) < 4.78 is 19.8. The van der Waals surface area contributed by atoms with E-state index in [0.29, 0.717) is 30.1 Å². The number of ether oxygens (including phenoxy) is 1. The first-order chi connectivity index (χ1) is 14.9. The average Bonchev–Trinajstić information content (AvgIpc) is 2.75. The van der Waals surface area contributed by atoms with Gasteiger partial charge in [-0.3, -0.25) is 9.59 Å². The highest BCUT2D eigenvalue weighted by atomic mass is 35.5. The van der Waals surface area contributed by atoms with Crippen LogP contribution in [0.15, 0.2) is 66.7 Å². The number of hydrogen-bond donors (Lipinski definition) is 1. The maximum absolute atomic E-state index is 14.1. The van der Waals surface area contributed by atoms with Crippen LogP contribution in [0.3, 0.4) is 0 Å². The van der Waals surface area contributed by atoms with E-state index in [1.807, 2.05) is 30.3 Å². The third kappa shape index (κ3) is 4.39. The van der Waals surface area contributed by atoms with E-state index in [-0.39, 0.29) is 16.5 Å². The smallest absolute Gasteiger partial charge is 0.267 e. The molecule has 0 saturated heterocycles. The Balaban J connectivity index is 1.60. The van der Waals surface area contributed by atoms with Gasteiger partial charge in [0.05, 0.1) is 16.3 Å². The molecule has 0 aliphatic carbocycles. The fourth-order valence-electron chi connectivity index (χ4n) is 3.51. The molecule has 7 heteroatoms. The number of rotatable bonds is 5. The van der Waals surface area contributed by atoms with Gasteiger partial charge in [0.2, 0.25) is 0 Å². The van der Waals surface area contributed by atoms with Crippen LogP contribution in [0.4, 0.5) is 15.8 Å². The molecule has 5 nitrogen and oxygen atoms in total. The van der Waals surface area contributed by atoms with Crippen molar-refractivity contribution >= 4 is 34.8 Å². The van der Waals surface area contributed by atoms with Crippen molar-refractivity contribution in [3.63, 3.8) is 0 Å².